The maximum Gasteiger partial charge on any atom is 0.253 e. The quantitative estimate of drug-likeness (QED) is 0.644. The summed E-state index contributed by atoms with van der Waals surface area (Å²) in [5, 5.41) is 8.97. The Kier molecular flexibility index (Phi) is 5.01. The molecule has 1 rings (SSSR count). The third kappa shape index (κ3) is 3.15. The Morgan fingerprint density at radius 1 is 1.60 bits per heavy atom. The van der Waals surface area contributed by atoms with Crippen molar-refractivity contribution in [1.29, 1.82) is 0 Å². The Hall–Kier alpha value is -0.650. The Bertz CT molecular complexity index is 199. The number of hydrogen-bond donors (Lipinski definition) is 2. The fraction of sp³-hybridized carbons (Fsp3) is 0.900. The van der Waals surface area contributed by atoms with Crippen LogP contribution in [-0.4, -0.2) is 55.4 Å². The van der Waals surface area contributed by atoms with Crippen LogP contribution in [0.25, 0.3) is 0 Å². The second kappa shape index (κ2) is 6.05. The molecule has 1 amide bonds. The van der Waals surface area contributed by atoms with Crippen LogP contribution in [0.3, 0.4) is 0 Å². The summed E-state index contributed by atoms with van der Waals surface area (Å²) in [7, 11) is 1.50. The van der Waals surface area contributed by atoms with E-state index < -0.39 is 6.10 Å². The molecule has 1 atom stereocenters. The highest BCUT2D eigenvalue weighted by Gasteiger charge is 2.26. The van der Waals surface area contributed by atoms with E-state index in [0.717, 1.165) is 12.8 Å². The van der Waals surface area contributed by atoms with Crippen LogP contribution in [-0.2, 0) is 9.53 Å². The molecule has 5 heteroatoms. The highest BCUT2D eigenvalue weighted by molar-refractivity contribution is 5.81. The summed E-state index contributed by atoms with van der Waals surface area (Å²) >= 11 is 0. The fourth-order valence-electron chi connectivity index (χ4n) is 1.84. The first-order valence-electron chi connectivity index (χ1n) is 5.35. The van der Waals surface area contributed by atoms with Gasteiger partial charge in [0.1, 0.15) is 6.10 Å². The number of aliphatic hydroxyl groups excluding tert-OH is 1. The van der Waals surface area contributed by atoms with E-state index in [-0.39, 0.29) is 19.1 Å². The third-order valence-corrected chi connectivity index (χ3v) is 2.96. The third-order valence-electron chi connectivity index (χ3n) is 2.96. The van der Waals surface area contributed by atoms with Gasteiger partial charge in [-0.05, 0) is 18.8 Å². The molecule has 15 heavy (non-hydrogen) atoms. The molecule has 3 N–H and O–H groups in total. The number of amides is 1. The number of rotatable bonds is 4. The summed E-state index contributed by atoms with van der Waals surface area (Å²) in [6, 6.07) is 0. The van der Waals surface area contributed by atoms with Gasteiger partial charge < -0.3 is 20.5 Å². The SMILES string of the molecule is COC(CN)C(=O)N1CCC(CO)CC1. The van der Waals surface area contributed by atoms with Crippen LogP contribution in [0.4, 0.5) is 0 Å². The van der Waals surface area contributed by atoms with Crippen LogP contribution < -0.4 is 5.73 Å². The maximum absolute atomic E-state index is 11.8. The number of nitrogens with zero attached hydrogens (tertiary/aromatic N) is 1. The lowest BCUT2D eigenvalue weighted by molar-refractivity contribution is -0.143. The predicted molar refractivity (Wildman–Crippen MR) is 56.2 cm³/mol. The molecule has 0 aromatic carbocycles. The minimum absolute atomic E-state index is 0.0311. The fourth-order valence-corrected chi connectivity index (χ4v) is 1.84. The molecular weight excluding hydrogens is 196 g/mol. The minimum Gasteiger partial charge on any atom is -0.396 e. The summed E-state index contributed by atoms with van der Waals surface area (Å²) < 4.78 is 5.00. The van der Waals surface area contributed by atoms with Gasteiger partial charge in [-0.25, -0.2) is 0 Å². The second-order valence-corrected chi connectivity index (χ2v) is 3.91. The number of carbonyl (C=O) groups is 1. The van der Waals surface area contributed by atoms with Gasteiger partial charge in [-0.2, -0.15) is 0 Å². The number of ether oxygens (including phenoxy) is 1. The van der Waals surface area contributed by atoms with E-state index in [1.54, 1.807) is 4.90 Å². The smallest absolute Gasteiger partial charge is 0.253 e. The molecule has 88 valence electrons. The molecule has 1 unspecified atom stereocenters. The Balaban J connectivity index is 2.42. The van der Waals surface area contributed by atoms with Gasteiger partial charge in [0.2, 0.25) is 0 Å². The van der Waals surface area contributed by atoms with Crippen LogP contribution in [0.15, 0.2) is 0 Å². The van der Waals surface area contributed by atoms with Gasteiger partial charge in [0.25, 0.3) is 5.91 Å². The number of hydrogen-bond acceptors (Lipinski definition) is 4. The van der Waals surface area contributed by atoms with Crippen molar-refractivity contribution in [2.45, 2.75) is 18.9 Å². The highest BCUT2D eigenvalue weighted by Crippen LogP contribution is 2.17. The molecule has 0 radical (unpaired) electrons. The zero-order valence-corrected chi connectivity index (χ0v) is 9.19. The summed E-state index contributed by atoms with van der Waals surface area (Å²) in [6.45, 7) is 1.83. The number of likely N-dealkylation sites (tertiary alicyclic amines) is 1. The van der Waals surface area contributed by atoms with Crippen molar-refractivity contribution in [2.75, 3.05) is 33.4 Å². The van der Waals surface area contributed by atoms with Crippen LogP contribution in [0.1, 0.15) is 12.8 Å². The van der Waals surface area contributed by atoms with E-state index >= 15 is 0 Å². The van der Waals surface area contributed by atoms with Crippen LogP contribution >= 0.6 is 0 Å². The molecule has 0 aromatic rings. The monoisotopic (exact) mass is 216 g/mol. The van der Waals surface area contributed by atoms with Crippen molar-refractivity contribution in [3.8, 4) is 0 Å². The van der Waals surface area contributed by atoms with Gasteiger partial charge >= 0.3 is 0 Å². The molecule has 1 aliphatic heterocycles. The lowest BCUT2D eigenvalue weighted by Crippen LogP contribution is -2.47. The summed E-state index contributed by atoms with van der Waals surface area (Å²) in [5.41, 5.74) is 5.43. The van der Waals surface area contributed by atoms with Crippen LogP contribution in [0.2, 0.25) is 0 Å². The maximum atomic E-state index is 11.8. The summed E-state index contributed by atoms with van der Waals surface area (Å²) in [5.74, 6) is 0.310. The first-order chi connectivity index (χ1) is 7.22. The zero-order valence-electron chi connectivity index (χ0n) is 9.19. The van der Waals surface area contributed by atoms with Crippen molar-refractivity contribution >= 4 is 5.91 Å². The van der Waals surface area contributed by atoms with Gasteiger partial charge in [0.15, 0.2) is 0 Å². The lowest BCUT2D eigenvalue weighted by atomic mass is 9.97. The number of methoxy groups -OCH3 is 1. The highest BCUT2D eigenvalue weighted by atomic mass is 16.5. The molecule has 0 aliphatic carbocycles. The zero-order chi connectivity index (χ0) is 11.3. The van der Waals surface area contributed by atoms with Crippen molar-refractivity contribution in [3.63, 3.8) is 0 Å². The number of piperidine rings is 1. The molecule has 0 bridgehead atoms. The van der Waals surface area contributed by atoms with E-state index in [1.165, 1.54) is 7.11 Å². The molecule has 0 saturated carbocycles. The molecule has 1 heterocycles. The van der Waals surface area contributed by atoms with Gasteiger partial charge in [-0.3, -0.25) is 4.79 Å². The molecular formula is C10H20N2O3. The lowest BCUT2D eigenvalue weighted by Gasteiger charge is -2.32. The van der Waals surface area contributed by atoms with Gasteiger partial charge in [-0.1, -0.05) is 0 Å². The molecule has 1 fully saturated rings. The summed E-state index contributed by atoms with van der Waals surface area (Å²) in [4.78, 5) is 13.6. The van der Waals surface area contributed by atoms with E-state index in [1.807, 2.05) is 0 Å². The average Bonchev–Trinajstić information content (AvgIpc) is 2.30. The van der Waals surface area contributed by atoms with Crippen molar-refractivity contribution in [2.24, 2.45) is 11.7 Å². The molecule has 1 saturated heterocycles. The van der Waals surface area contributed by atoms with Gasteiger partial charge in [-0.15, -0.1) is 0 Å². The Labute approximate surface area is 90.2 Å². The molecule has 1 aliphatic rings. The second-order valence-electron chi connectivity index (χ2n) is 3.91. The van der Waals surface area contributed by atoms with E-state index in [9.17, 15) is 4.79 Å². The molecule has 0 aromatic heterocycles. The Morgan fingerprint density at radius 2 is 2.20 bits per heavy atom. The first kappa shape index (κ1) is 12.4. The van der Waals surface area contributed by atoms with E-state index in [0.29, 0.717) is 19.0 Å². The van der Waals surface area contributed by atoms with Gasteiger partial charge in [0.05, 0.1) is 0 Å². The van der Waals surface area contributed by atoms with Crippen molar-refractivity contribution < 1.29 is 14.6 Å². The van der Waals surface area contributed by atoms with Crippen molar-refractivity contribution in [1.82, 2.24) is 4.90 Å². The summed E-state index contributed by atoms with van der Waals surface area (Å²) in [6.07, 6.45) is 1.21. The normalized spacial score (nSPS) is 20.3. The molecule has 5 nitrogen and oxygen atoms in total. The van der Waals surface area contributed by atoms with Crippen LogP contribution in [0, 0.1) is 5.92 Å². The van der Waals surface area contributed by atoms with E-state index in [4.69, 9.17) is 15.6 Å². The van der Waals surface area contributed by atoms with Crippen LogP contribution in [0.5, 0.6) is 0 Å². The number of nitrogens with two attached hydrogens (primary N) is 1. The van der Waals surface area contributed by atoms with E-state index in [2.05, 4.69) is 0 Å². The molecule has 0 spiro atoms. The standard InChI is InChI=1S/C10H20N2O3/c1-15-9(6-11)10(14)12-4-2-8(7-13)3-5-12/h8-9,13H,2-7,11H2,1H3. The van der Waals surface area contributed by atoms with Crippen molar-refractivity contribution in [3.05, 3.63) is 0 Å². The predicted octanol–water partition coefficient (Wildman–Crippen LogP) is -0.809. The topological polar surface area (TPSA) is 75.8 Å². The number of carbonyl (C=O) groups excluding carboxylic acids is 1. The van der Waals surface area contributed by atoms with Gasteiger partial charge in [0, 0.05) is 33.4 Å². The number of aliphatic hydroxyl groups is 1. The average molecular weight is 216 g/mol. The largest absolute Gasteiger partial charge is 0.396 e. The first-order valence-corrected chi connectivity index (χ1v) is 5.35. The minimum atomic E-state index is -0.518. The Morgan fingerprint density at radius 3 is 2.60 bits per heavy atom.